The summed E-state index contributed by atoms with van der Waals surface area (Å²) < 4.78 is 0. The van der Waals surface area contributed by atoms with Gasteiger partial charge in [-0.25, -0.2) is 0 Å². The summed E-state index contributed by atoms with van der Waals surface area (Å²) in [5.74, 6) is 0. The highest BCUT2D eigenvalue weighted by molar-refractivity contribution is 8.02. The summed E-state index contributed by atoms with van der Waals surface area (Å²) in [7, 11) is 2.25. The summed E-state index contributed by atoms with van der Waals surface area (Å²) in [6.07, 6.45) is 8.19. The standard InChI is InChI=1S/C22H24N2S/c1-24-12-5-6-19(24)15-18-16-23-22-10-9-17(14-21(18)22)11-13-25-20-7-3-2-4-8-20/h2-4,7-11,13-14,16,19,23H,5-6,12,15H2,1H3/b13-11+/t19-/m1/s1. The number of nitrogens with one attached hydrogen (secondary N) is 1. The van der Waals surface area contributed by atoms with Crippen LogP contribution in [0.1, 0.15) is 24.0 Å². The van der Waals surface area contributed by atoms with E-state index < -0.39 is 0 Å². The smallest absolute Gasteiger partial charge is 0.0457 e. The van der Waals surface area contributed by atoms with Crippen LogP contribution in [0.5, 0.6) is 0 Å². The summed E-state index contributed by atoms with van der Waals surface area (Å²) >= 11 is 1.76. The van der Waals surface area contributed by atoms with Crippen molar-refractivity contribution in [2.45, 2.75) is 30.2 Å². The number of aromatic amines is 1. The third-order valence-electron chi connectivity index (χ3n) is 5.13. The fraction of sp³-hybridized carbons (Fsp3) is 0.273. The van der Waals surface area contributed by atoms with Crippen molar-refractivity contribution in [2.24, 2.45) is 0 Å². The molecule has 0 spiro atoms. The van der Waals surface area contributed by atoms with E-state index in [1.807, 2.05) is 0 Å². The molecule has 4 rings (SSSR count). The van der Waals surface area contributed by atoms with Gasteiger partial charge in [-0.3, -0.25) is 0 Å². The van der Waals surface area contributed by atoms with Gasteiger partial charge >= 0.3 is 0 Å². The van der Waals surface area contributed by atoms with Crippen LogP contribution < -0.4 is 0 Å². The van der Waals surface area contributed by atoms with Gasteiger partial charge in [0.1, 0.15) is 0 Å². The van der Waals surface area contributed by atoms with Crippen LogP contribution in [-0.4, -0.2) is 29.5 Å². The molecular weight excluding hydrogens is 324 g/mol. The summed E-state index contributed by atoms with van der Waals surface area (Å²) in [4.78, 5) is 7.21. The molecule has 25 heavy (non-hydrogen) atoms. The van der Waals surface area contributed by atoms with Crippen molar-refractivity contribution in [3.8, 4) is 0 Å². The van der Waals surface area contributed by atoms with E-state index in [9.17, 15) is 0 Å². The lowest BCUT2D eigenvalue weighted by Gasteiger charge is -2.18. The van der Waals surface area contributed by atoms with Crippen LogP contribution >= 0.6 is 11.8 Å². The molecule has 1 aromatic heterocycles. The molecule has 1 N–H and O–H groups in total. The van der Waals surface area contributed by atoms with Crippen molar-refractivity contribution in [1.82, 2.24) is 9.88 Å². The maximum Gasteiger partial charge on any atom is 0.0457 e. The van der Waals surface area contributed by atoms with Crippen LogP contribution in [0.2, 0.25) is 0 Å². The highest BCUT2D eigenvalue weighted by Crippen LogP contribution is 2.26. The van der Waals surface area contributed by atoms with Gasteiger partial charge in [-0.05, 0) is 79.7 Å². The number of likely N-dealkylation sites (N-methyl/N-ethyl adjacent to an activating group) is 1. The molecule has 0 aliphatic carbocycles. The zero-order chi connectivity index (χ0) is 17.1. The fourth-order valence-electron chi connectivity index (χ4n) is 3.65. The normalized spacial score (nSPS) is 18.5. The van der Waals surface area contributed by atoms with Gasteiger partial charge in [-0.15, -0.1) is 0 Å². The Kier molecular flexibility index (Phi) is 4.95. The van der Waals surface area contributed by atoms with Gasteiger partial charge in [-0.1, -0.05) is 36.0 Å². The molecule has 2 nitrogen and oxygen atoms in total. The van der Waals surface area contributed by atoms with Crippen LogP contribution in [0.3, 0.4) is 0 Å². The minimum Gasteiger partial charge on any atom is -0.361 e. The molecular formula is C22H24N2S. The first kappa shape index (κ1) is 16.5. The first-order valence-corrected chi connectivity index (χ1v) is 9.86. The molecule has 0 saturated carbocycles. The van der Waals surface area contributed by atoms with E-state index in [0.29, 0.717) is 6.04 Å². The molecule has 0 bridgehead atoms. The summed E-state index contributed by atoms with van der Waals surface area (Å²) in [5.41, 5.74) is 3.94. The minimum atomic E-state index is 0.687. The van der Waals surface area contributed by atoms with Gasteiger partial charge in [0.2, 0.25) is 0 Å². The fourth-order valence-corrected chi connectivity index (χ4v) is 4.35. The van der Waals surface area contributed by atoms with Crippen LogP contribution in [0, 0.1) is 0 Å². The SMILES string of the molecule is CN1CCC[C@@H]1Cc1c[nH]c2ccc(/C=C/Sc3ccccc3)cc12. The van der Waals surface area contributed by atoms with E-state index in [1.165, 1.54) is 46.3 Å². The zero-order valence-corrected chi connectivity index (χ0v) is 15.4. The van der Waals surface area contributed by atoms with Crippen LogP contribution in [0.15, 0.2) is 65.0 Å². The molecule has 3 aromatic rings. The molecule has 0 amide bonds. The Morgan fingerprint density at radius 2 is 2.08 bits per heavy atom. The van der Waals surface area contributed by atoms with E-state index in [4.69, 9.17) is 0 Å². The number of hydrogen-bond donors (Lipinski definition) is 1. The van der Waals surface area contributed by atoms with Crippen LogP contribution in [0.25, 0.3) is 17.0 Å². The minimum absolute atomic E-state index is 0.687. The molecule has 1 aliphatic rings. The highest BCUT2D eigenvalue weighted by Gasteiger charge is 2.22. The van der Waals surface area contributed by atoms with Gasteiger partial charge in [0.15, 0.2) is 0 Å². The van der Waals surface area contributed by atoms with Gasteiger partial charge in [0.25, 0.3) is 0 Å². The number of rotatable bonds is 5. The second-order valence-corrected chi connectivity index (χ2v) is 7.81. The molecule has 1 aliphatic heterocycles. The van der Waals surface area contributed by atoms with Crippen molar-refractivity contribution in [3.63, 3.8) is 0 Å². The Labute approximate surface area is 153 Å². The maximum atomic E-state index is 3.44. The third-order valence-corrected chi connectivity index (χ3v) is 5.94. The van der Waals surface area contributed by atoms with Gasteiger partial charge in [0, 0.05) is 28.0 Å². The topological polar surface area (TPSA) is 19.0 Å². The highest BCUT2D eigenvalue weighted by atomic mass is 32.2. The molecule has 1 atom stereocenters. The predicted octanol–water partition coefficient (Wildman–Crippen LogP) is 5.57. The Morgan fingerprint density at radius 3 is 2.88 bits per heavy atom. The van der Waals surface area contributed by atoms with Crippen molar-refractivity contribution in [1.29, 1.82) is 0 Å². The monoisotopic (exact) mass is 348 g/mol. The van der Waals surface area contributed by atoms with E-state index in [-0.39, 0.29) is 0 Å². The summed E-state index contributed by atoms with van der Waals surface area (Å²) in [5, 5.41) is 3.54. The number of H-pyrrole nitrogens is 1. The molecule has 1 fully saturated rings. The lowest BCUT2D eigenvalue weighted by molar-refractivity contribution is 0.310. The van der Waals surface area contributed by atoms with Crippen LogP contribution in [-0.2, 0) is 6.42 Å². The second-order valence-electron chi connectivity index (χ2n) is 6.83. The zero-order valence-electron chi connectivity index (χ0n) is 14.6. The van der Waals surface area contributed by atoms with E-state index in [1.54, 1.807) is 11.8 Å². The molecule has 3 heteroatoms. The third kappa shape index (κ3) is 3.83. The molecule has 0 unspecified atom stereocenters. The summed E-state index contributed by atoms with van der Waals surface area (Å²) in [6.45, 7) is 1.23. The number of nitrogens with zero attached hydrogens (tertiary/aromatic N) is 1. The number of thioether (sulfide) groups is 1. The number of aromatic nitrogens is 1. The van der Waals surface area contributed by atoms with Gasteiger partial charge in [0.05, 0.1) is 0 Å². The Hall–Kier alpha value is -1.97. The molecule has 1 saturated heterocycles. The Bertz CT molecular complexity index is 866. The first-order valence-electron chi connectivity index (χ1n) is 8.98. The second kappa shape index (κ2) is 7.51. The molecule has 2 aromatic carbocycles. The lowest BCUT2D eigenvalue weighted by atomic mass is 10.0. The number of hydrogen-bond acceptors (Lipinski definition) is 2. The molecule has 0 radical (unpaired) electrons. The first-order chi connectivity index (χ1) is 12.3. The predicted molar refractivity (Wildman–Crippen MR) is 109 cm³/mol. The molecule has 2 heterocycles. The maximum absolute atomic E-state index is 3.44. The number of benzene rings is 2. The average molecular weight is 349 g/mol. The van der Waals surface area contributed by atoms with Crippen molar-refractivity contribution in [3.05, 3.63) is 71.3 Å². The number of fused-ring (bicyclic) bond motifs is 1. The Balaban J connectivity index is 1.51. The van der Waals surface area contributed by atoms with Crippen molar-refractivity contribution >= 4 is 28.7 Å². The lowest BCUT2D eigenvalue weighted by Crippen LogP contribution is -2.26. The average Bonchev–Trinajstić information content (AvgIpc) is 3.23. The quantitative estimate of drug-likeness (QED) is 0.608. The Morgan fingerprint density at radius 1 is 1.20 bits per heavy atom. The van der Waals surface area contributed by atoms with Crippen molar-refractivity contribution < 1.29 is 0 Å². The van der Waals surface area contributed by atoms with E-state index >= 15 is 0 Å². The van der Waals surface area contributed by atoms with E-state index in [0.717, 1.165) is 6.42 Å². The number of likely N-dealkylation sites (tertiary alicyclic amines) is 1. The largest absolute Gasteiger partial charge is 0.361 e. The van der Waals surface area contributed by atoms with Crippen LogP contribution in [0.4, 0.5) is 0 Å². The van der Waals surface area contributed by atoms with Gasteiger partial charge < -0.3 is 9.88 Å². The van der Waals surface area contributed by atoms with Crippen molar-refractivity contribution in [2.75, 3.05) is 13.6 Å². The van der Waals surface area contributed by atoms with E-state index in [2.05, 4.69) is 83.1 Å². The summed E-state index contributed by atoms with van der Waals surface area (Å²) in [6, 6.07) is 17.9. The van der Waals surface area contributed by atoms with Gasteiger partial charge in [-0.2, -0.15) is 0 Å². The molecule has 128 valence electrons.